The number of hydrogen-bond donors (Lipinski definition) is 1. The highest BCUT2D eigenvalue weighted by atomic mass is 16.5. The van der Waals surface area contributed by atoms with Crippen molar-refractivity contribution in [2.24, 2.45) is 0 Å². The molecule has 2 atom stereocenters. The molecule has 0 aromatic heterocycles. The third kappa shape index (κ3) is 3.89. The first-order valence-electron chi connectivity index (χ1n) is 5.85. The number of urea groups is 1. The average molecular weight is 244 g/mol. The van der Waals surface area contributed by atoms with Gasteiger partial charge in [0.2, 0.25) is 0 Å². The number of carbonyl (C=O) groups excluding carboxylic acids is 1. The number of hydrogen-bond acceptors (Lipinski definition) is 3. The van der Waals surface area contributed by atoms with E-state index in [0.717, 1.165) is 0 Å². The Labute approximate surface area is 101 Å². The zero-order chi connectivity index (χ0) is 13.0. The minimum Gasteiger partial charge on any atom is -0.480 e. The summed E-state index contributed by atoms with van der Waals surface area (Å²) in [6.07, 6.45) is -0.0162. The first kappa shape index (κ1) is 13.8. The molecule has 0 aromatic rings. The Morgan fingerprint density at radius 2 is 1.88 bits per heavy atom. The quantitative estimate of drug-likeness (QED) is 0.790. The molecule has 1 rings (SSSR count). The van der Waals surface area contributed by atoms with Gasteiger partial charge in [0.15, 0.2) is 0 Å². The predicted molar refractivity (Wildman–Crippen MR) is 61.9 cm³/mol. The first-order chi connectivity index (χ1) is 7.93. The molecule has 0 bridgehead atoms. The maximum absolute atomic E-state index is 12.1. The van der Waals surface area contributed by atoms with Gasteiger partial charge in [-0.15, -0.1) is 0 Å². The van der Waals surface area contributed by atoms with Crippen LogP contribution in [0.5, 0.6) is 0 Å². The molecule has 1 aliphatic heterocycles. The Morgan fingerprint density at radius 3 is 2.29 bits per heavy atom. The first-order valence-corrected chi connectivity index (χ1v) is 5.85. The molecule has 0 saturated carbocycles. The Balaban J connectivity index is 2.63. The number of nitrogens with zero attached hydrogens (tertiary/aromatic N) is 2. The third-order valence-corrected chi connectivity index (χ3v) is 2.67. The molecule has 0 spiro atoms. The van der Waals surface area contributed by atoms with Crippen molar-refractivity contribution in [1.29, 1.82) is 0 Å². The Hall–Kier alpha value is -1.30. The van der Waals surface area contributed by atoms with Crippen LogP contribution in [0.3, 0.4) is 0 Å². The molecule has 1 aliphatic rings. The largest absolute Gasteiger partial charge is 0.480 e. The fourth-order valence-electron chi connectivity index (χ4n) is 2.01. The van der Waals surface area contributed by atoms with Crippen LogP contribution < -0.4 is 0 Å². The summed E-state index contributed by atoms with van der Waals surface area (Å²) in [5.74, 6) is -0.991. The van der Waals surface area contributed by atoms with Crippen LogP contribution in [-0.4, -0.2) is 65.3 Å². The molecule has 17 heavy (non-hydrogen) atoms. The van der Waals surface area contributed by atoms with Crippen molar-refractivity contribution in [2.75, 3.05) is 26.2 Å². The normalized spacial score (nSPS) is 24.5. The van der Waals surface area contributed by atoms with Gasteiger partial charge in [0, 0.05) is 19.6 Å². The molecule has 1 fully saturated rings. The van der Waals surface area contributed by atoms with Gasteiger partial charge in [0.05, 0.1) is 12.2 Å². The molecule has 0 aromatic carbocycles. The fourth-order valence-corrected chi connectivity index (χ4v) is 2.01. The van der Waals surface area contributed by atoms with E-state index in [0.29, 0.717) is 19.6 Å². The van der Waals surface area contributed by atoms with Gasteiger partial charge in [-0.3, -0.25) is 4.79 Å². The van der Waals surface area contributed by atoms with E-state index in [1.54, 1.807) is 11.8 Å². The number of carboxylic acids is 1. The standard InChI is InChI=1S/C11H20N2O4/c1-4-12(7-10(14)15)11(16)13-5-8(2)17-9(3)6-13/h8-9H,4-7H2,1-3H3,(H,14,15). The number of rotatable bonds is 3. The van der Waals surface area contributed by atoms with E-state index in [4.69, 9.17) is 9.84 Å². The lowest BCUT2D eigenvalue weighted by molar-refractivity contribution is -0.137. The predicted octanol–water partition coefficient (Wildman–Crippen LogP) is 0.622. The lowest BCUT2D eigenvalue weighted by Crippen LogP contribution is -2.53. The Bertz CT molecular complexity index is 285. The minimum atomic E-state index is -0.991. The SMILES string of the molecule is CCN(CC(=O)O)C(=O)N1CC(C)OC(C)C1. The number of ether oxygens (including phenoxy) is 1. The van der Waals surface area contributed by atoms with Crippen LogP contribution in [-0.2, 0) is 9.53 Å². The lowest BCUT2D eigenvalue weighted by Gasteiger charge is -2.37. The molecular formula is C11H20N2O4. The highest BCUT2D eigenvalue weighted by Crippen LogP contribution is 2.12. The summed E-state index contributed by atoms with van der Waals surface area (Å²) < 4.78 is 5.53. The Morgan fingerprint density at radius 1 is 1.35 bits per heavy atom. The molecule has 6 heteroatoms. The summed E-state index contributed by atoms with van der Waals surface area (Å²) in [5, 5.41) is 8.73. The molecular weight excluding hydrogens is 224 g/mol. The molecule has 2 amide bonds. The molecule has 1 N–H and O–H groups in total. The highest BCUT2D eigenvalue weighted by molar-refractivity contribution is 5.80. The van der Waals surface area contributed by atoms with Crippen LogP contribution in [0, 0.1) is 0 Å². The second kappa shape index (κ2) is 5.86. The molecule has 98 valence electrons. The zero-order valence-electron chi connectivity index (χ0n) is 10.5. The lowest BCUT2D eigenvalue weighted by atomic mass is 10.2. The van der Waals surface area contributed by atoms with Gasteiger partial charge in [0.25, 0.3) is 0 Å². The van der Waals surface area contributed by atoms with Crippen LogP contribution in [0.4, 0.5) is 4.79 Å². The Kier molecular flexibility index (Phi) is 4.74. The van der Waals surface area contributed by atoms with E-state index >= 15 is 0 Å². The average Bonchev–Trinajstić information content (AvgIpc) is 2.23. The summed E-state index contributed by atoms with van der Waals surface area (Å²) >= 11 is 0. The fraction of sp³-hybridized carbons (Fsp3) is 0.818. The maximum atomic E-state index is 12.1. The zero-order valence-corrected chi connectivity index (χ0v) is 10.5. The van der Waals surface area contributed by atoms with Gasteiger partial charge in [-0.25, -0.2) is 4.79 Å². The number of likely N-dealkylation sites (N-methyl/N-ethyl adjacent to an activating group) is 1. The van der Waals surface area contributed by atoms with Crippen molar-refractivity contribution in [3.8, 4) is 0 Å². The summed E-state index contributed by atoms with van der Waals surface area (Å²) in [6.45, 7) is 6.75. The van der Waals surface area contributed by atoms with Crippen molar-refractivity contribution < 1.29 is 19.4 Å². The van der Waals surface area contributed by atoms with Crippen molar-refractivity contribution in [3.05, 3.63) is 0 Å². The van der Waals surface area contributed by atoms with Gasteiger partial charge < -0.3 is 19.6 Å². The van der Waals surface area contributed by atoms with Crippen LogP contribution in [0.15, 0.2) is 0 Å². The van der Waals surface area contributed by atoms with E-state index in [9.17, 15) is 9.59 Å². The summed E-state index contributed by atoms with van der Waals surface area (Å²) in [4.78, 5) is 25.7. The van der Waals surface area contributed by atoms with Crippen LogP contribution >= 0.6 is 0 Å². The smallest absolute Gasteiger partial charge is 0.323 e. The number of aliphatic carboxylic acids is 1. The van der Waals surface area contributed by atoms with E-state index in [-0.39, 0.29) is 24.8 Å². The van der Waals surface area contributed by atoms with E-state index in [2.05, 4.69) is 0 Å². The topological polar surface area (TPSA) is 70.1 Å². The summed E-state index contributed by atoms with van der Waals surface area (Å²) in [7, 11) is 0. The second-order valence-corrected chi connectivity index (χ2v) is 4.35. The summed E-state index contributed by atoms with van der Waals surface area (Å²) in [5.41, 5.74) is 0. The number of carboxylic acid groups (broad SMARTS) is 1. The van der Waals surface area contributed by atoms with Crippen LogP contribution in [0.1, 0.15) is 20.8 Å². The second-order valence-electron chi connectivity index (χ2n) is 4.35. The monoisotopic (exact) mass is 244 g/mol. The van der Waals surface area contributed by atoms with Gasteiger partial charge in [-0.05, 0) is 20.8 Å². The maximum Gasteiger partial charge on any atom is 0.323 e. The van der Waals surface area contributed by atoms with Crippen LogP contribution in [0.2, 0.25) is 0 Å². The number of amides is 2. The van der Waals surface area contributed by atoms with Crippen molar-refractivity contribution in [2.45, 2.75) is 33.0 Å². The van der Waals surface area contributed by atoms with Crippen molar-refractivity contribution in [1.82, 2.24) is 9.80 Å². The summed E-state index contributed by atoms with van der Waals surface area (Å²) in [6, 6.07) is -0.225. The molecule has 0 aliphatic carbocycles. The van der Waals surface area contributed by atoms with Gasteiger partial charge >= 0.3 is 12.0 Å². The molecule has 0 radical (unpaired) electrons. The van der Waals surface area contributed by atoms with Crippen molar-refractivity contribution >= 4 is 12.0 Å². The van der Waals surface area contributed by atoms with Crippen molar-refractivity contribution in [3.63, 3.8) is 0 Å². The van der Waals surface area contributed by atoms with Crippen LogP contribution in [0.25, 0.3) is 0 Å². The minimum absolute atomic E-state index is 0.00812. The van der Waals surface area contributed by atoms with Gasteiger partial charge in [-0.2, -0.15) is 0 Å². The number of morpholine rings is 1. The third-order valence-electron chi connectivity index (χ3n) is 2.67. The van der Waals surface area contributed by atoms with E-state index < -0.39 is 5.97 Å². The molecule has 1 saturated heterocycles. The van der Waals surface area contributed by atoms with E-state index in [1.165, 1.54) is 4.90 Å². The van der Waals surface area contributed by atoms with E-state index in [1.807, 2.05) is 13.8 Å². The number of carbonyl (C=O) groups is 2. The molecule has 2 unspecified atom stereocenters. The molecule has 1 heterocycles. The van der Waals surface area contributed by atoms with Gasteiger partial charge in [-0.1, -0.05) is 0 Å². The molecule has 6 nitrogen and oxygen atoms in total. The highest BCUT2D eigenvalue weighted by Gasteiger charge is 2.29. The van der Waals surface area contributed by atoms with Gasteiger partial charge in [0.1, 0.15) is 6.54 Å².